The van der Waals surface area contributed by atoms with Crippen molar-refractivity contribution in [2.75, 3.05) is 5.32 Å². The molecule has 0 bridgehead atoms. The second kappa shape index (κ2) is 8.00. The molecular weight excluding hydrogens is 420 g/mol. The largest absolute Gasteiger partial charge is 0.307 e. The summed E-state index contributed by atoms with van der Waals surface area (Å²) in [6.07, 6.45) is 2.87. The van der Waals surface area contributed by atoms with Crippen LogP contribution in [0.1, 0.15) is 16.7 Å². The summed E-state index contributed by atoms with van der Waals surface area (Å²) < 4.78 is 2.76. The van der Waals surface area contributed by atoms with Gasteiger partial charge in [-0.1, -0.05) is 52.3 Å². The van der Waals surface area contributed by atoms with E-state index in [1.807, 2.05) is 42.6 Å². The summed E-state index contributed by atoms with van der Waals surface area (Å²) >= 11 is 3.44. The summed E-state index contributed by atoms with van der Waals surface area (Å²) in [5.41, 5.74) is 6.90. The van der Waals surface area contributed by atoms with Crippen molar-refractivity contribution >= 4 is 33.4 Å². The number of rotatable bonds is 5. The third kappa shape index (κ3) is 4.16. The van der Waals surface area contributed by atoms with Gasteiger partial charge in [-0.15, -0.1) is 0 Å². The van der Waals surface area contributed by atoms with E-state index in [0.717, 1.165) is 15.7 Å². The van der Waals surface area contributed by atoms with Crippen LogP contribution in [-0.2, 0) is 16.2 Å². The molecule has 0 aliphatic carbocycles. The van der Waals surface area contributed by atoms with E-state index in [2.05, 4.69) is 50.9 Å². The number of aromatic nitrogens is 2. The van der Waals surface area contributed by atoms with E-state index < -0.39 is 6.10 Å². The molecule has 0 fully saturated rings. The van der Waals surface area contributed by atoms with Crippen LogP contribution in [0.4, 0.5) is 5.82 Å². The van der Waals surface area contributed by atoms with Crippen molar-refractivity contribution in [3.05, 3.63) is 88.0 Å². The average Bonchev–Trinajstić information content (AvgIpc) is 3.33. The van der Waals surface area contributed by atoms with Crippen LogP contribution in [0.3, 0.4) is 0 Å². The first-order chi connectivity index (χ1) is 13.6. The average molecular weight is 439 g/mol. The van der Waals surface area contributed by atoms with Crippen molar-refractivity contribution in [1.29, 1.82) is 0 Å². The molecule has 2 aromatic carbocycles. The Kier molecular flexibility index (Phi) is 5.27. The van der Waals surface area contributed by atoms with Gasteiger partial charge < -0.3 is 5.32 Å². The van der Waals surface area contributed by atoms with Crippen molar-refractivity contribution in [3.63, 3.8) is 0 Å². The minimum absolute atomic E-state index is 0.279. The minimum atomic E-state index is -0.726. The molecule has 0 saturated carbocycles. The molecule has 1 aliphatic rings. The Labute approximate surface area is 171 Å². The van der Waals surface area contributed by atoms with Crippen LogP contribution < -0.4 is 10.8 Å². The van der Waals surface area contributed by atoms with E-state index in [9.17, 15) is 4.79 Å². The van der Waals surface area contributed by atoms with Gasteiger partial charge in [-0.3, -0.25) is 19.8 Å². The third-order valence-corrected chi connectivity index (χ3v) is 4.99. The molecule has 6 nitrogen and oxygen atoms in total. The summed E-state index contributed by atoms with van der Waals surface area (Å²) in [4.78, 5) is 17.9. The quantitative estimate of drug-likeness (QED) is 0.633. The van der Waals surface area contributed by atoms with Gasteiger partial charge in [0.25, 0.3) is 5.91 Å². The maximum atomic E-state index is 12.5. The number of nitrogens with zero attached hydrogens (tertiary/aromatic N) is 2. The van der Waals surface area contributed by atoms with Gasteiger partial charge in [-0.25, -0.2) is 0 Å². The van der Waals surface area contributed by atoms with Crippen molar-refractivity contribution in [1.82, 2.24) is 15.3 Å². The molecule has 1 aromatic heterocycles. The number of benzene rings is 2. The Bertz CT molecular complexity index is 1040. The van der Waals surface area contributed by atoms with Crippen molar-refractivity contribution in [3.8, 4) is 0 Å². The molecular formula is C21H19BrN4O2. The molecule has 0 saturated heterocycles. The number of carbonyl (C=O) groups is 1. The number of hydrogen-bond donors (Lipinski definition) is 2. The van der Waals surface area contributed by atoms with Crippen LogP contribution in [-0.4, -0.2) is 21.8 Å². The lowest BCUT2D eigenvalue weighted by molar-refractivity contribution is -0.125. The van der Waals surface area contributed by atoms with E-state index in [1.165, 1.54) is 11.1 Å². The zero-order valence-corrected chi connectivity index (χ0v) is 16.8. The highest BCUT2D eigenvalue weighted by Crippen LogP contribution is 2.22. The van der Waals surface area contributed by atoms with Crippen molar-refractivity contribution in [2.24, 2.45) is 0 Å². The number of carbonyl (C=O) groups excluding carboxylic acids is 1. The molecule has 4 rings (SSSR count). The van der Waals surface area contributed by atoms with E-state index >= 15 is 0 Å². The van der Waals surface area contributed by atoms with Gasteiger partial charge in [0, 0.05) is 22.3 Å². The molecule has 0 spiro atoms. The van der Waals surface area contributed by atoms with Crippen LogP contribution in [0.15, 0.2) is 71.3 Å². The van der Waals surface area contributed by atoms with Crippen LogP contribution in [0.25, 0.3) is 5.70 Å². The number of nitrogens with one attached hydrogen (secondary N) is 2. The summed E-state index contributed by atoms with van der Waals surface area (Å²) in [7, 11) is 0. The lowest BCUT2D eigenvalue weighted by atomic mass is 10.1. The smallest absolute Gasteiger partial charge is 0.261 e. The van der Waals surface area contributed by atoms with Crippen LogP contribution in [0.5, 0.6) is 0 Å². The number of aryl methyl sites for hydroxylation is 1. The van der Waals surface area contributed by atoms with Crippen LogP contribution in [0, 0.1) is 6.92 Å². The first kappa shape index (κ1) is 18.5. The Balaban J connectivity index is 1.41. The lowest BCUT2D eigenvalue weighted by Gasteiger charge is -2.07. The second-order valence-corrected chi connectivity index (χ2v) is 7.46. The Morgan fingerprint density at radius 3 is 2.93 bits per heavy atom. The molecule has 2 N–H and O–H groups in total. The van der Waals surface area contributed by atoms with Crippen LogP contribution >= 0.6 is 15.9 Å². The predicted molar refractivity (Wildman–Crippen MR) is 111 cm³/mol. The number of amides is 1. The molecule has 2 heterocycles. The molecule has 7 heteroatoms. The van der Waals surface area contributed by atoms with E-state index in [1.54, 1.807) is 16.8 Å². The molecule has 0 radical (unpaired) electrons. The molecule has 1 aliphatic heterocycles. The van der Waals surface area contributed by atoms with Crippen molar-refractivity contribution < 1.29 is 9.63 Å². The fraction of sp³-hybridized carbons (Fsp3) is 0.143. The fourth-order valence-corrected chi connectivity index (χ4v) is 3.36. The number of halogens is 1. The number of hydrogen-bond acceptors (Lipinski definition) is 4. The zero-order valence-electron chi connectivity index (χ0n) is 15.2. The highest BCUT2D eigenvalue weighted by molar-refractivity contribution is 9.10. The first-order valence-corrected chi connectivity index (χ1v) is 9.66. The number of hydroxylamine groups is 1. The summed E-state index contributed by atoms with van der Waals surface area (Å²) in [5.74, 6) is 0.213. The molecule has 1 amide bonds. The Morgan fingerprint density at radius 2 is 2.11 bits per heavy atom. The van der Waals surface area contributed by atoms with E-state index in [-0.39, 0.29) is 5.91 Å². The Morgan fingerprint density at radius 1 is 1.25 bits per heavy atom. The normalized spacial score (nSPS) is 15.8. The van der Waals surface area contributed by atoms with Gasteiger partial charge >= 0.3 is 0 Å². The number of anilines is 1. The predicted octanol–water partition coefficient (Wildman–Crippen LogP) is 3.89. The van der Waals surface area contributed by atoms with E-state index in [4.69, 9.17) is 4.84 Å². The third-order valence-electron chi connectivity index (χ3n) is 4.49. The zero-order chi connectivity index (χ0) is 19.5. The summed E-state index contributed by atoms with van der Waals surface area (Å²) in [5, 5.41) is 7.23. The first-order valence-electron chi connectivity index (χ1n) is 8.87. The molecule has 0 unspecified atom stereocenters. The highest BCUT2D eigenvalue weighted by atomic mass is 79.9. The maximum absolute atomic E-state index is 12.5. The van der Waals surface area contributed by atoms with Gasteiger partial charge in [-0.2, -0.15) is 5.10 Å². The highest BCUT2D eigenvalue weighted by Gasteiger charge is 2.25. The fourth-order valence-electron chi connectivity index (χ4n) is 2.96. The second-order valence-electron chi connectivity index (χ2n) is 6.55. The Hall–Kier alpha value is -2.90. The molecule has 3 aromatic rings. The topological polar surface area (TPSA) is 68.2 Å². The van der Waals surface area contributed by atoms with Gasteiger partial charge in [0.15, 0.2) is 11.9 Å². The standard InChI is InChI=1S/C21H19BrN4O2/c1-14-5-2-3-6-16(14)13-26-10-9-20(24-26)23-21(27)19-12-18(25-28-19)15-7-4-8-17(22)11-15/h2-12,19,25H,13H2,1H3,(H,23,24,27)/t19-/m0/s1. The monoisotopic (exact) mass is 438 g/mol. The summed E-state index contributed by atoms with van der Waals surface area (Å²) in [6.45, 7) is 2.72. The molecule has 28 heavy (non-hydrogen) atoms. The summed E-state index contributed by atoms with van der Waals surface area (Å²) in [6, 6.07) is 17.7. The van der Waals surface area contributed by atoms with Gasteiger partial charge in [0.1, 0.15) is 0 Å². The van der Waals surface area contributed by atoms with Gasteiger partial charge in [-0.05, 0) is 36.3 Å². The van der Waals surface area contributed by atoms with Gasteiger partial charge in [0.05, 0.1) is 12.2 Å². The van der Waals surface area contributed by atoms with Gasteiger partial charge in [0.2, 0.25) is 0 Å². The molecule has 1 atom stereocenters. The van der Waals surface area contributed by atoms with Crippen LogP contribution in [0.2, 0.25) is 0 Å². The maximum Gasteiger partial charge on any atom is 0.261 e. The SMILES string of the molecule is Cc1ccccc1Cn1ccc(NC(=O)[C@@H]2C=C(c3cccc(Br)c3)NO2)n1. The lowest BCUT2D eigenvalue weighted by Crippen LogP contribution is -2.28. The van der Waals surface area contributed by atoms with Crippen molar-refractivity contribution in [2.45, 2.75) is 19.6 Å². The van der Waals surface area contributed by atoms with E-state index in [0.29, 0.717) is 12.4 Å². The minimum Gasteiger partial charge on any atom is -0.307 e. The molecule has 142 valence electrons.